The van der Waals surface area contributed by atoms with Gasteiger partial charge in [0, 0.05) is 12.6 Å². The van der Waals surface area contributed by atoms with E-state index in [2.05, 4.69) is 0 Å². The van der Waals surface area contributed by atoms with Crippen LogP contribution in [0.3, 0.4) is 0 Å². The van der Waals surface area contributed by atoms with Gasteiger partial charge in [-0.3, -0.25) is 4.79 Å². The Hall–Kier alpha value is -1.54. The quantitative estimate of drug-likeness (QED) is 0.676. The van der Waals surface area contributed by atoms with Gasteiger partial charge in [-0.1, -0.05) is 41.9 Å². The van der Waals surface area contributed by atoms with Crippen LogP contribution < -0.4 is 5.56 Å². The van der Waals surface area contributed by atoms with Crippen molar-refractivity contribution in [2.24, 2.45) is 7.05 Å². The summed E-state index contributed by atoms with van der Waals surface area (Å²) in [6.07, 6.45) is 0. The van der Waals surface area contributed by atoms with E-state index in [9.17, 15) is 4.79 Å². The van der Waals surface area contributed by atoms with Gasteiger partial charge in [0.1, 0.15) is 5.15 Å². The van der Waals surface area contributed by atoms with Gasteiger partial charge in [0.05, 0.1) is 0 Å². The predicted octanol–water partition coefficient (Wildman–Crippen LogP) is 2.71. The number of nitrogens with zero attached hydrogens (tertiary/aromatic N) is 1. The van der Waals surface area contributed by atoms with Crippen molar-refractivity contribution in [2.75, 3.05) is 0 Å². The van der Waals surface area contributed by atoms with Crippen molar-refractivity contribution in [3.05, 3.63) is 58.0 Å². The van der Waals surface area contributed by atoms with E-state index in [0.717, 1.165) is 5.56 Å². The van der Waals surface area contributed by atoms with Crippen LogP contribution in [0.25, 0.3) is 11.1 Å². The zero-order valence-electron chi connectivity index (χ0n) is 8.27. The Balaban J connectivity index is 2.66. The fraction of sp³-hybridized carbons (Fsp3) is 0.0833. The fourth-order valence-corrected chi connectivity index (χ4v) is 1.59. The standard InChI is InChI=1S/C12H10ClNO/c1-14-11(13)8-7-10(12(14)15)9-5-3-2-4-6-9/h2-8H,1H3. The van der Waals surface area contributed by atoms with E-state index >= 15 is 0 Å². The molecule has 2 nitrogen and oxygen atoms in total. The smallest absolute Gasteiger partial charge is 0.259 e. The van der Waals surface area contributed by atoms with E-state index in [1.807, 2.05) is 30.3 Å². The number of rotatable bonds is 1. The predicted molar refractivity (Wildman–Crippen MR) is 62.1 cm³/mol. The summed E-state index contributed by atoms with van der Waals surface area (Å²) in [6, 6.07) is 13.0. The number of pyridine rings is 1. The normalized spacial score (nSPS) is 10.3. The Kier molecular flexibility index (Phi) is 2.60. The second-order valence-electron chi connectivity index (χ2n) is 3.30. The Morgan fingerprint density at radius 2 is 1.73 bits per heavy atom. The van der Waals surface area contributed by atoms with Crippen LogP contribution in [0.5, 0.6) is 0 Å². The van der Waals surface area contributed by atoms with Crippen LogP contribution >= 0.6 is 11.6 Å². The highest BCUT2D eigenvalue weighted by Gasteiger charge is 2.05. The average Bonchev–Trinajstić information content (AvgIpc) is 2.27. The van der Waals surface area contributed by atoms with Crippen molar-refractivity contribution in [1.29, 1.82) is 0 Å². The second kappa shape index (κ2) is 3.91. The third-order valence-corrected chi connectivity index (χ3v) is 2.71. The molecule has 1 aromatic carbocycles. The van der Waals surface area contributed by atoms with Gasteiger partial charge >= 0.3 is 0 Å². The van der Waals surface area contributed by atoms with Crippen molar-refractivity contribution in [3.63, 3.8) is 0 Å². The molecule has 3 heteroatoms. The molecule has 2 rings (SSSR count). The first-order valence-electron chi connectivity index (χ1n) is 4.61. The third kappa shape index (κ3) is 1.81. The van der Waals surface area contributed by atoms with Gasteiger partial charge in [-0.15, -0.1) is 0 Å². The molecule has 15 heavy (non-hydrogen) atoms. The maximum Gasteiger partial charge on any atom is 0.259 e. The molecule has 1 aromatic heterocycles. The monoisotopic (exact) mass is 219 g/mol. The third-order valence-electron chi connectivity index (χ3n) is 2.33. The zero-order valence-corrected chi connectivity index (χ0v) is 9.03. The molecular formula is C12H10ClNO. The van der Waals surface area contributed by atoms with Crippen LogP contribution in [-0.4, -0.2) is 4.57 Å². The van der Waals surface area contributed by atoms with Gasteiger partial charge in [-0.25, -0.2) is 0 Å². The van der Waals surface area contributed by atoms with E-state index in [0.29, 0.717) is 10.7 Å². The number of hydrogen-bond donors (Lipinski definition) is 0. The van der Waals surface area contributed by atoms with Crippen LogP contribution in [0, 0.1) is 0 Å². The molecule has 0 spiro atoms. The number of hydrogen-bond acceptors (Lipinski definition) is 1. The molecule has 0 bridgehead atoms. The SMILES string of the molecule is Cn1c(Cl)ccc(-c2ccccc2)c1=O. The maximum absolute atomic E-state index is 11.9. The summed E-state index contributed by atoms with van der Waals surface area (Å²) in [5.74, 6) is 0. The van der Waals surface area contributed by atoms with Gasteiger partial charge < -0.3 is 4.57 Å². The molecule has 0 atom stereocenters. The summed E-state index contributed by atoms with van der Waals surface area (Å²) in [5.41, 5.74) is 1.51. The molecule has 1 heterocycles. The summed E-state index contributed by atoms with van der Waals surface area (Å²) >= 11 is 5.84. The first-order chi connectivity index (χ1) is 7.20. The first-order valence-corrected chi connectivity index (χ1v) is 4.99. The lowest BCUT2D eigenvalue weighted by atomic mass is 10.1. The molecule has 0 aliphatic carbocycles. The summed E-state index contributed by atoms with van der Waals surface area (Å²) in [6.45, 7) is 0. The van der Waals surface area contributed by atoms with Crippen LogP contribution in [-0.2, 0) is 7.05 Å². The molecule has 0 unspecified atom stereocenters. The van der Waals surface area contributed by atoms with Crippen LogP contribution in [0.15, 0.2) is 47.3 Å². The van der Waals surface area contributed by atoms with Crippen LogP contribution in [0.2, 0.25) is 5.15 Å². The summed E-state index contributed by atoms with van der Waals surface area (Å²) in [7, 11) is 1.66. The summed E-state index contributed by atoms with van der Waals surface area (Å²) in [4.78, 5) is 11.9. The molecule has 0 saturated heterocycles. The van der Waals surface area contributed by atoms with Gasteiger partial charge in [0.25, 0.3) is 5.56 Å². The molecule has 0 aliphatic rings. The van der Waals surface area contributed by atoms with Crippen molar-refractivity contribution < 1.29 is 0 Å². The molecule has 0 radical (unpaired) electrons. The lowest BCUT2D eigenvalue weighted by molar-refractivity contribution is 0.864. The number of halogens is 1. The van der Waals surface area contributed by atoms with Gasteiger partial charge in [0.15, 0.2) is 0 Å². The number of aromatic nitrogens is 1. The molecule has 0 N–H and O–H groups in total. The molecule has 0 fully saturated rings. The maximum atomic E-state index is 11.9. The van der Waals surface area contributed by atoms with E-state index in [1.165, 1.54) is 4.57 Å². The average molecular weight is 220 g/mol. The van der Waals surface area contributed by atoms with Crippen molar-refractivity contribution in [1.82, 2.24) is 4.57 Å². The Morgan fingerprint density at radius 1 is 1.07 bits per heavy atom. The fourth-order valence-electron chi connectivity index (χ4n) is 1.45. The second-order valence-corrected chi connectivity index (χ2v) is 3.69. The highest BCUT2D eigenvalue weighted by atomic mass is 35.5. The van der Waals surface area contributed by atoms with E-state index in [1.54, 1.807) is 19.2 Å². The Morgan fingerprint density at radius 3 is 2.40 bits per heavy atom. The molecule has 76 valence electrons. The molecule has 0 amide bonds. The Labute approximate surface area is 92.7 Å². The Bertz CT molecular complexity index is 531. The van der Waals surface area contributed by atoms with Crippen LogP contribution in [0.1, 0.15) is 0 Å². The minimum atomic E-state index is -0.0753. The van der Waals surface area contributed by atoms with Crippen LogP contribution in [0.4, 0.5) is 0 Å². The highest BCUT2D eigenvalue weighted by molar-refractivity contribution is 6.29. The van der Waals surface area contributed by atoms with E-state index < -0.39 is 0 Å². The minimum Gasteiger partial charge on any atom is -0.302 e. The van der Waals surface area contributed by atoms with Gasteiger partial charge in [-0.05, 0) is 17.7 Å². The molecule has 2 aromatic rings. The van der Waals surface area contributed by atoms with Gasteiger partial charge in [-0.2, -0.15) is 0 Å². The largest absolute Gasteiger partial charge is 0.302 e. The van der Waals surface area contributed by atoms with Crippen molar-refractivity contribution in [2.45, 2.75) is 0 Å². The highest BCUT2D eigenvalue weighted by Crippen LogP contribution is 2.16. The first kappa shape index (κ1) is 9.99. The molecule has 0 saturated carbocycles. The lowest BCUT2D eigenvalue weighted by Gasteiger charge is -2.05. The summed E-state index contributed by atoms with van der Waals surface area (Å²) in [5, 5.41) is 0.444. The van der Waals surface area contributed by atoms with Crippen molar-refractivity contribution in [3.8, 4) is 11.1 Å². The molecular weight excluding hydrogens is 210 g/mol. The van der Waals surface area contributed by atoms with E-state index in [-0.39, 0.29) is 5.56 Å². The zero-order chi connectivity index (χ0) is 10.8. The van der Waals surface area contributed by atoms with Gasteiger partial charge in [0.2, 0.25) is 0 Å². The van der Waals surface area contributed by atoms with Crippen molar-refractivity contribution >= 4 is 11.6 Å². The number of benzene rings is 1. The summed E-state index contributed by atoms with van der Waals surface area (Å²) < 4.78 is 1.43. The molecule has 0 aliphatic heterocycles. The minimum absolute atomic E-state index is 0.0753. The lowest BCUT2D eigenvalue weighted by Crippen LogP contribution is -2.18. The van der Waals surface area contributed by atoms with E-state index in [4.69, 9.17) is 11.6 Å². The topological polar surface area (TPSA) is 22.0 Å².